The minimum absolute atomic E-state index is 0.569. The molecule has 0 N–H and O–H groups in total. The predicted octanol–water partition coefficient (Wildman–Crippen LogP) is 13.4. The van der Waals surface area contributed by atoms with E-state index >= 15 is 0 Å². The molecule has 0 aliphatic heterocycles. The van der Waals surface area contributed by atoms with Crippen LogP contribution in [-0.2, 0) is 0 Å². The second-order valence-electron chi connectivity index (χ2n) is 13.6. The van der Waals surface area contributed by atoms with Crippen molar-refractivity contribution in [3.05, 3.63) is 200 Å². The summed E-state index contributed by atoms with van der Waals surface area (Å²) >= 11 is 0. The average Bonchev–Trinajstić information content (AvgIpc) is 3.66. The van der Waals surface area contributed by atoms with Gasteiger partial charge < -0.3 is 4.42 Å². The molecule has 10 aromatic rings. The number of furan rings is 1. The minimum Gasteiger partial charge on any atom is -0.455 e. The molecule has 0 fully saturated rings. The highest BCUT2D eigenvalue weighted by Gasteiger charge is 2.18. The summed E-state index contributed by atoms with van der Waals surface area (Å²) in [6, 6.07) is 69.6. The van der Waals surface area contributed by atoms with Gasteiger partial charge in [0.25, 0.3) is 0 Å². The maximum absolute atomic E-state index is 6.59. The Labute approximate surface area is 319 Å². The number of para-hydroxylation sites is 1. The molecule has 0 radical (unpaired) electrons. The fourth-order valence-electron chi connectivity index (χ4n) is 7.33. The molecule has 0 unspecified atom stereocenters. The molecule has 4 heteroatoms. The molecule has 0 atom stereocenters. The van der Waals surface area contributed by atoms with Crippen LogP contribution in [0, 0.1) is 0 Å². The molecule has 4 nitrogen and oxygen atoms in total. The number of aromatic nitrogens is 3. The zero-order valence-electron chi connectivity index (χ0n) is 29.8. The lowest BCUT2D eigenvalue weighted by atomic mass is 9.92. The summed E-state index contributed by atoms with van der Waals surface area (Å²) in [6.07, 6.45) is 0. The van der Waals surface area contributed by atoms with Gasteiger partial charge in [-0.3, -0.25) is 0 Å². The highest BCUT2D eigenvalue weighted by molar-refractivity contribution is 6.10. The van der Waals surface area contributed by atoms with E-state index in [0.717, 1.165) is 49.8 Å². The Morgan fingerprint density at radius 2 is 0.691 bits per heavy atom. The third-order valence-electron chi connectivity index (χ3n) is 10.1. The molecule has 2 heterocycles. The molecular weight excluding hydrogens is 671 g/mol. The Bertz CT molecular complexity index is 2820. The van der Waals surface area contributed by atoms with E-state index in [1.807, 2.05) is 66.7 Å². The first kappa shape index (κ1) is 32.2. The van der Waals surface area contributed by atoms with Crippen molar-refractivity contribution in [3.63, 3.8) is 0 Å². The first-order valence-electron chi connectivity index (χ1n) is 18.4. The van der Waals surface area contributed by atoms with Crippen LogP contribution in [0.15, 0.2) is 205 Å². The lowest BCUT2D eigenvalue weighted by molar-refractivity contribution is 0.669. The topological polar surface area (TPSA) is 51.8 Å². The number of nitrogens with zero attached hydrogens (tertiary/aromatic N) is 3. The Morgan fingerprint density at radius 1 is 0.273 bits per heavy atom. The van der Waals surface area contributed by atoms with Gasteiger partial charge in [0.1, 0.15) is 11.2 Å². The lowest BCUT2D eigenvalue weighted by Crippen LogP contribution is -2.00. The van der Waals surface area contributed by atoms with Crippen LogP contribution in [0.4, 0.5) is 0 Å². The SMILES string of the molecule is c1ccc(-c2cc(-c3ccccc3)cc(-c3ccc(-c4ccc5oc6c(-c7nc(-c8ccccc8)nc(-c8ccccc8)n7)cccc6c5c4)cc3)c2)cc1. The Morgan fingerprint density at radius 3 is 1.20 bits per heavy atom. The van der Waals surface area contributed by atoms with Crippen LogP contribution < -0.4 is 0 Å². The third-order valence-corrected chi connectivity index (χ3v) is 10.1. The quantitative estimate of drug-likeness (QED) is 0.166. The van der Waals surface area contributed by atoms with Gasteiger partial charge in [-0.1, -0.05) is 164 Å². The van der Waals surface area contributed by atoms with E-state index in [1.165, 1.54) is 33.4 Å². The van der Waals surface area contributed by atoms with Gasteiger partial charge in [-0.2, -0.15) is 0 Å². The summed E-state index contributed by atoms with van der Waals surface area (Å²) < 4.78 is 6.59. The molecule has 0 aliphatic rings. The van der Waals surface area contributed by atoms with Gasteiger partial charge >= 0.3 is 0 Å². The summed E-state index contributed by atoms with van der Waals surface area (Å²) in [5.74, 6) is 1.80. The summed E-state index contributed by atoms with van der Waals surface area (Å²) in [5, 5.41) is 2.06. The Hall–Kier alpha value is -7.43. The lowest BCUT2D eigenvalue weighted by Gasteiger charge is -2.12. The standard InChI is InChI=1S/C51H33N3O/c1-5-14-34(15-6-1)41-30-42(35-16-7-2-8-17-35)32-43(31-41)37-26-24-36(25-27-37)40-28-29-47-46(33-40)44-22-13-23-45(48(44)55-47)51-53-49(38-18-9-3-10-19-38)52-50(54-51)39-20-11-4-12-21-39/h1-33H. The van der Waals surface area contributed by atoms with Crippen molar-refractivity contribution in [2.24, 2.45) is 0 Å². The number of fused-ring (bicyclic) bond motifs is 3. The van der Waals surface area contributed by atoms with Gasteiger partial charge in [0, 0.05) is 21.9 Å². The molecule has 55 heavy (non-hydrogen) atoms. The minimum atomic E-state index is 0.569. The van der Waals surface area contributed by atoms with Crippen LogP contribution >= 0.6 is 0 Å². The number of hydrogen-bond acceptors (Lipinski definition) is 4. The van der Waals surface area contributed by atoms with Crippen molar-refractivity contribution in [2.75, 3.05) is 0 Å². The first-order chi connectivity index (χ1) is 27.2. The van der Waals surface area contributed by atoms with Crippen molar-refractivity contribution in [3.8, 4) is 78.7 Å². The number of benzene rings is 8. The fraction of sp³-hybridized carbons (Fsp3) is 0. The molecule has 0 bridgehead atoms. The average molecular weight is 704 g/mol. The second kappa shape index (κ2) is 13.8. The summed E-state index contributed by atoms with van der Waals surface area (Å²) in [5.41, 5.74) is 13.6. The first-order valence-corrected chi connectivity index (χ1v) is 18.4. The van der Waals surface area contributed by atoms with Crippen LogP contribution in [0.2, 0.25) is 0 Å². The van der Waals surface area contributed by atoms with Gasteiger partial charge in [-0.05, 0) is 80.9 Å². The molecule has 10 rings (SSSR count). The van der Waals surface area contributed by atoms with E-state index < -0.39 is 0 Å². The van der Waals surface area contributed by atoms with Crippen LogP contribution in [0.25, 0.3) is 101 Å². The molecule has 258 valence electrons. The van der Waals surface area contributed by atoms with Crippen LogP contribution in [-0.4, -0.2) is 15.0 Å². The molecular formula is C51H33N3O. The van der Waals surface area contributed by atoms with E-state index in [-0.39, 0.29) is 0 Å². The summed E-state index contributed by atoms with van der Waals surface area (Å²) in [4.78, 5) is 14.8. The van der Waals surface area contributed by atoms with Gasteiger partial charge in [-0.25, -0.2) is 15.0 Å². The molecule has 2 aromatic heterocycles. The van der Waals surface area contributed by atoms with E-state index in [9.17, 15) is 0 Å². The van der Waals surface area contributed by atoms with Crippen molar-refractivity contribution in [2.45, 2.75) is 0 Å². The van der Waals surface area contributed by atoms with Crippen molar-refractivity contribution in [1.29, 1.82) is 0 Å². The second-order valence-corrected chi connectivity index (χ2v) is 13.6. The van der Waals surface area contributed by atoms with Crippen molar-refractivity contribution < 1.29 is 4.42 Å². The molecule has 0 spiro atoms. The maximum Gasteiger partial charge on any atom is 0.167 e. The van der Waals surface area contributed by atoms with Crippen LogP contribution in [0.5, 0.6) is 0 Å². The van der Waals surface area contributed by atoms with E-state index in [4.69, 9.17) is 19.4 Å². The van der Waals surface area contributed by atoms with Gasteiger partial charge in [0.15, 0.2) is 17.5 Å². The van der Waals surface area contributed by atoms with Crippen LogP contribution in [0.1, 0.15) is 0 Å². The highest BCUT2D eigenvalue weighted by Crippen LogP contribution is 2.39. The van der Waals surface area contributed by atoms with Crippen LogP contribution in [0.3, 0.4) is 0 Å². The molecule has 0 aliphatic carbocycles. The molecule has 0 saturated heterocycles. The maximum atomic E-state index is 6.59. The van der Waals surface area contributed by atoms with Gasteiger partial charge in [0.05, 0.1) is 5.56 Å². The third kappa shape index (κ3) is 6.26. The Kier molecular flexibility index (Phi) is 8.12. The summed E-state index contributed by atoms with van der Waals surface area (Å²) in [6.45, 7) is 0. The van der Waals surface area contributed by atoms with E-state index in [2.05, 4.69) is 133 Å². The molecule has 0 saturated carbocycles. The molecule has 0 amide bonds. The van der Waals surface area contributed by atoms with Gasteiger partial charge in [0.2, 0.25) is 0 Å². The summed E-state index contributed by atoms with van der Waals surface area (Å²) in [7, 11) is 0. The predicted molar refractivity (Wildman–Crippen MR) is 225 cm³/mol. The monoisotopic (exact) mass is 703 g/mol. The highest BCUT2D eigenvalue weighted by atomic mass is 16.3. The number of rotatable bonds is 7. The Balaban J connectivity index is 1.03. The number of hydrogen-bond donors (Lipinski definition) is 0. The fourth-order valence-corrected chi connectivity index (χ4v) is 7.33. The van der Waals surface area contributed by atoms with Crippen molar-refractivity contribution >= 4 is 21.9 Å². The van der Waals surface area contributed by atoms with Gasteiger partial charge in [-0.15, -0.1) is 0 Å². The largest absolute Gasteiger partial charge is 0.455 e. The molecule has 8 aromatic carbocycles. The zero-order chi connectivity index (χ0) is 36.6. The zero-order valence-corrected chi connectivity index (χ0v) is 29.8. The smallest absolute Gasteiger partial charge is 0.167 e. The van der Waals surface area contributed by atoms with Crippen molar-refractivity contribution in [1.82, 2.24) is 15.0 Å². The van der Waals surface area contributed by atoms with E-state index in [0.29, 0.717) is 17.5 Å². The van der Waals surface area contributed by atoms with E-state index in [1.54, 1.807) is 0 Å². The normalized spacial score (nSPS) is 11.3.